The number of carbonyl (C=O) groups is 2. The van der Waals surface area contributed by atoms with Crippen LogP contribution in [0.3, 0.4) is 0 Å². The van der Waals surface area contributed by atoms with Crippen molar-refractivity contribution in [3.63, 3.8) is 0 Å². The van der Waals surface area contributed by atoms with E-state index in [4.69, 9.17) is 0 Å². The van der Waals surface area contributed by atoms with Crippen molar-refractivity contribution in [2.75, 3.05) is 5.32 Å². The number of nitrogens with zero attached hydrogens (tertiary/aromatic N) is 2. The zero-order valence-corrected chi connectivity index (χ0v) is 18.4. The maximum absolute atomic E-state index is 13.1. The Balaban J connectivity index is 1.71. The Labute approximate surface area is 184 Å². The largest absolute Gasteiger partial charge is 0.335 e. The molecule has 3 N–H and O–H groups in total. The zero-order chi connectivity index (χ0) is 23.5. The minimum atomic E-state index is -4.06. The standard InChI is InChI=1S/C21H22FN5O4S/c1-13(2)23-21(29)26-32(30,31)17-10-8-16(9-11-17)24-20(28)19-12-18(25-27(19)3)14-4-6-15(22)7-5-14/h4-13H,1-3H3,(H,24,28)(H2,23,26,29). The first-order valence-electron chi connectivity index (χ1n) is 9.60. The van der Waals surface area contributed by atoms with Crippen LogP contribution in [0.1, 0.15) is 24.3 Å². The number of aryl methyl sites for hydroxylation is 1. The van der Waals surface area contributed by atoms with Gasteiger partial charge in [0, 0.05) is 24.3 Å². The van der Waals surface area contributed by atoms with Crippen LogP contribution in [0.2, 0.25) is 0 Å². The fourth-order valence-corrected chi connectivity index (χ4v) is 3.74. The van der Waals surface area contributed by atoms with Gasteiger partial charge in [0.15, 0.2) is 0 Å². The van der Waals surface area contributed by atoms with E-state index in [1.165, 1.54) is 41.1 Å². The zero-order valence-electron chi connectivity index (χ0n) is 17.6. The van der Waals surface area contributed by atoms with Crippen molar-refractivity contribution >= 4 is 27.6 Å². The van der Waals surface area contributed by atoms with Crippen molar-refractivity contribution in [3.8, 4) is 11.3 Å². The van der Waals surface area contributed by atoms with Crippen molar-refractivity contribution in [2.45, 2.75) is 24.8 Å². The third-order valence-corrected chi connectivity index (χ3v) is 5.67. The Morgan fingerprint density at radius 3 is 2.25 bits per heavy atom. The molecule has 11 heteroatoms. The summed E-state index contributed by atoms with van der Waals surface area (Å²) in [6.45, 7) is 3.41. The van der Waals surface area contributed by atoms with Gasteiger partial charge in [0.05, 0.1) is 10.6 Å². The fraction of sp³-hybridized carbons (Fsp3) is 0.190. The molecule has 0 unspecified atom stereocenters. The minimum Gasteiger partial charge on any atom is -0.335 e. The van der Waals surface area contributed by atoms with E-state index in [1.54, 1.807) is 39.1 Å². The van der Waals surface area contributed by atoms with Crippen LogP contribution in [0, 0.1) is 5.82 Å². The number of rotatable bonds is 6. The van der Waals surface area contributed by atoms with Crippen LogP contribution in [0.25, 0.3) is 11.3 Å². The monoisotopic (exact) mass is 459 g/mol. The number of amides is 3. The summed E-state index contributed by atoms with van der Waals surface area (Å²) >= 11 is 0. The number of urea groups is 1. The van der Waals surface area contributed by atoms with Gasteiger partial charge in [-0.15, -0.1) is 0 Å². The molecule has 9 nitrogen and oxygen atoms in total. The number of nitrogens with one attached hydrogen (secondary N) is 3. The first kappa shape index (κ1) is 22.9. The van der Waals surface area contributed by atoms with Crippen molar-refractivity contribution in [1.29, 1.82) is 0 Å². The molecule has 0 fully saturated rings. The molecule has 0 aliphatic heterocycles. The molecule has 0 aliphatic rings. The number of benzene rings is 2. The first-order valence-corrected chi connectivity index (χ1v) is 11.1. The van der Waals surface area contributed by atoms with Crippen LogP contribution < -0.4 is 15.4 Å². The molecule has 0 atom stereocenters. The number of carbonyl (C=O) groups excluding carboxylic acids is 2. The Bertz CT molecular complexity index is 1240. The predicted octanol–water partition coefficient (Wildman–Crippen LogP) is 2.87. The van der Waals surface area contributed by atoms with Gasteiger partial charge < -0.3 is 10.6 Å². The van der Waals surface area contributed by atoms with Gasteiger partial charge in [-0.3, -0.25) is 9.48 Å². The maximum Gasteiger partial charge on any atom is 0.328 e. The molecule has 3 aromatic rings. The molecule has 168 valence electrons. The number of halogens is 1. The van der Waals surface area contributed by atoms with Gasteiger partial charge in [-0.05, 0) is 68.4 Å². The molecular weight excluding hydrogens is 437 g/mol. The summed E-state index contributed by atoms with van der Waals surface area (Å²) in [7, 11) is -2.45. The minimum absolute atomic E-state index is 0.131. The molecule has 0 spiro atoms. The van der Waals surface area contributed by atoms with E-state index < -0.39 is 22.0 Å². The van der Waals surface area contributed by atoms with E-state index in [0.29, 0.717) is 16.9 Å². The number of sulfonamides is 1. The Morgan fingerprint density at radius 2 is 1.66 bits per heavy atom. The van der Waals surface area contributed by atoms with Crippen LogP contribution in [0.5, 0.6) is 0 Å². The number of anilines is 1. The van der Waals surface area contributed by atoms with Gasteiger partial charge in [-0.2, -0.15) is 5.10 Å². The van der Waals surface area contributed by atoms with Crippen molar-refractivity contribution in [1.82, 2.24) is 19.8 Å². The quantitative estimate of drug-likeness (QED) is 0.523. The summed E-state index contributed by atoms with van der Waals surface area (Å²) in [5.74, 6) is -0.831. The summed E-state index contributed by atoms with van der Waals surface area (Å²) in [5.41, 5.74) is 1.77. The van der Waals surface area contributed by atoms with Gasteiger partial charge in [0.2, 0.25) is 0 Å². The Morgan fingerprint density at radius 1 is 1.03 bits per heavy atom. The third-order valence-electron chi connectivity index (χ3n) is 4.32. The number of hydrogen-bond acceptors (Lipinski definition) is 5. The van der Waals surface area contributed by atoms with Gasteiger partial charge in [0.1, 0.15) is 11.5 Å². The van der Waals surface area contributed by atoms with Crippen LogP contribution in [-0.2, 0) is 17.1 Å². The highest BCUT2D eigenvalue weighted by Crippen LogP contribution is 2.20. The highest BCUT2D eigenvalue weighted by atomic mass is 32.2. The first-order chi connectivity index (χ1) is 15.0. The number of hydrogen-bond donors (Lipinski definition) is 3. The average Bonchev–Trinajstić information content (AvgIpc) is 3.09. The normalized spacial score (nSPS) is 11.3. The van der Waals surface area contributed by atoms with Crippen LogP contribution >= 0.6 is 0 Å². The summed E-state index contributed by atoms with van der Waals surface area (Å²) in [6, 6.07) is 11.6. The molecule has 0 radical (unpaired) electrons. The predicted molar refractivity (Wildman–Crippen MR) is 117 cm³/mol. The van der Waals surface area contributed by atoms with Gasteiger partial charge in [-0.25, -0.2) is 22.3 Å². The van der Waals surface area contributed by atoms with E-state index >= 15 is 0 Å². The summed E-state index contributed by atoms with van der Waals surface area (Å²) in [5, 5.41) is 9.37. The second-order valence-corrected chi connectivity index (χ2v) is 8.94. The molecule has 0 saturated carbocycles. The molecule has 0 bridgehead atoms. The SMILES string of the molecule is CC(C)NC(=O)NS(=O)(=O)c1ccc(NC(=O)c2cc(-c3ccc(F)cc3)nn2C)cc1. The molecular formula is C21H22FN5O4S. The summed E-state index contributed by atoms with van der Waals surface area (Å²) in [6.07, 6.45) is 0. The summed E-state index contributed by atoms with van der Waals surface area (Å²) < 4.78 is 41.0. The van der Waals surface area contributed by atoms with Crippen molar-refractivity contribution < 1.29 is 22.4 Å². The molecule has 0 aliphatic carbocycles. The number of aromatic nitrogens is 2. The van der Waals surface area contributed by atoms with Crippen LogP contribution in [0.15, 0.2) is 59.5 Å². The molecule has 0 saturated heterocycles. The summed E-state index contributed by atoms with van der Waals surface area (Å²) in [4.78, 5) is 24.2. The molecule has 3 amide bonds. The topological polar surface area (TPSA) is 122 Å². The van der Waals surface area contributed by atoms with E-state index in [2.05, 4.69) is 15.7 Å². The maximum atomic E-state index is 13.1. The van der Waals surface area contributed by atoms with Crippen molar-refractivity contribution in [3.05, 3.63) is 66.1 Å². The Kier molecular flexibility index (Phi) is 6.58. The third kappa shape index (κ3) is 5.49. The molecule has 32 heavy (non-hydrogen) atoms. The van der Waals surface area contributed by atoms with Gasteiger partial charge in [-0.1, -0.05) is 0 Å². The van der Waals surface area contributed by atoms with E-state index in [0.717, 1.165) is 0 Å². The van der Waals surface area contributed by atoms with Crippen LogP contribution in [-0.4, -0.2) is 36.2 Å². The van der Waals surface area contributed by atoms with Gasteiger partial charge in [0.25, 0.3) is 15.9 Å². The smallest absolute Gasteiger partial charge is 0.328 e. The fourth-order valence-electron chi connectivity index (χ4n) is 2.83. The van der Waals surface area contributed by atoms with Crippen molar-refractivity contribution in [2.24, 2.45) is 7.05 Å². The van der Waals surface area contributed by atoms with E-state index in [9.17, 15) is 22.4 Å². The highest BCUT2D eigenvalue weighted by molar-refractivity contribution is 7.90. The lowest BCUT2D eigenvalue weighted by atomic mass is 10.1. The lowest BCUT2D eigenvalue weighted by Crippen LogP contribution is -2.42. The Hall–Kier alpha value is -3.73. The lowest BCUT2D eigenvalue weighted by molar-refractivity contribution is 0.101. The molecule has 2 aromatic carbocycles. The molecule has 1 aromatic heterocycles. The second kappa shape index (κ2) is 9.18. The lowest BCUT2D eigenvalue weighted by Gasteiger charge is -2.11. The molecule has 3 rings (SSSR count). The highest BCUT2D eigenvalue weighted by Gasteiger charge is 2.19. The van der Waals surface area contributed by atoms with E-state index in [-0.39, 0.29) is 22.4 Å². The van der Waals surface area contributed by atoms with Gasteiger partial charge >= 0.3 is 6.03 Å². The van der Waals surface area contributed by atoms with E-state index in [1.807, 2.05) is 4.72 Å². The van der Waals surface area contributed by atoms with Crippen LogP contribution in [0.4, 0.5) is 14.9 Å². The second-order valence-electron chi connectivity index (χ2n) is 7.26. The average molecular weight is 460 g/mol. The molecule has 1 heterocycles.